The van der Waals surface area contributed by atoms with Gasteiger partial charge in [0.2, 0.25) is 0 Å². The minimum absolute atomic E-state index is 0.301. The van der Waals surface area contributed by atoms with Crippen LogP contribution in [0.1, 0.15) is 113 Å². The van der Waals surface area contributed by atoms with Crippen LogP contribution in [0.25, 0.3) is 0 Å². The molecule has 2 nitrogen and oxygen atoms in total. The average molecular weight is 443 g/mol. The van der Waals surface area contributed by atoms with Gasteiger partial charge in [-0.3, -0.25) is 5.26 Å². The molecule has 0 aromatic heterocycles. The van der Waals surface area contributed by atoms with Gasteiger partial charge in [-0.25, -0.2) is 4.89 Å². The highest BCUT2D eigenvalue weighted by Crippen LogP contribution is 2.14. The van der Waals surface area contributed by atoms with Crippen molar-refractivity contribution in [3.63, 3.8) is 0 Å². The van der Waals surface area contributed by atoms with Crippen molar-refractivity contribution in [2.75, 3.05) is 6.61 Å². The normalized spacial score (nSPS) is 14.2. The lowest BCUT2D eigenvalue weighted by molar-refractivity contribution is -0.234. The molecule has 0 unspecified atom stereocenters. The molecule has 0 aliphatic carbocycles. The number of allylic oxidation sites excluding steroid dienone is 11. The van der Waals surface area contributed by atoms with Gasteiger partial charge in [-0.15, -0.1) is 0 Å². The van der Waals surface area contributed by atoms with E-state index in [1.807, 2.05) is 6.92 Å². The maximum absolute atomic E-state index is 8.44. The summed E-state index contributed by atoms with van der Waals surface area (Å²) in [4.78, 5) is 4.15. The van der Waals surface area contributed by atoms with Crippen molar-refractivity contribution in [2.45, 2.75) is 113 Å². The molecule has 0 bridgehead atoms. The summed E-state index contributed by atoms with van der Waals surface area (Å²) in [5.41, 5.74) is 8.44. The van der Waals surface area contributed by atoms with E-state index in [4.69, 9.17) is 5.26 Å². The van der Waals surface area contributed by atoms with Gasteiger partial charge in [-0.1, -0.05) is 64.3 Å². The Hall–Kier alpha value is -1.64. The second-order valence-corrected chi connectivity index (χ2v) is 9.54. The topological polar surface area (TPSA) is 29.5 Å². The van der Waals surface area contributed by atoms with E-state index < -0.39 is 0 Å². The van der Waals surface area contributed by atoms with Crippen molar-refractivity contribution < 1.29 is 10.1 Å². The van der Waals surface area contributed by atoms with E-state index in [1.165, 1.54) is 47.1 Å². The first-order valence-corrected chi connectivity index (χ1v) is 12.4. The Morgan fingerprint density at radius 1 is 0.469 bits per heavy atom. The maximum Gasteiger partial charge on any atom is 0.103 e. The van der Waals surface area contributed by atoms with Gasteiger partial charge in [-0.05, 0) is 118 Å². The Balaban J connectivity index is 4.07. The minimum atomic E-state index is 0.301. The summed E-state index contributed by atoms with van der Waals surface area (Å²) in [6.45, 7) is 15.6. The van der Waals surface area contributed by atoms with Crippen molar-refractivity contribution in [3.8, 4) is 0 Å². The van der Waals surface area contributed by atoms with Gasteiger partial charge in [0.25, 0.3) is 0 Å². The van der Waals surface area contributed by atoms with Crippen LogP contribution in [0.4, 0.5) is 0 Å². The smallest absolute Gasteiger partial charge is 0.103 e. The molecular formula is C30H50O2. The molecule has 0 atom stereocenters. The van der Waals surface area contributed by atoms with E-state index in [-0.39, 0.29) is 0 Å². The zero-order valence-electron chi connectivity index (χ0n) is 22.1. The summed E-state index contributed by atoms with van der Waals surface area (Å²) in [5.74, 6) is 0. The number of hydrogen-bond acceptors (Lipinski definition) is 2. The monoisotopic (exact) mass is 442 g/mol. The van der Waals surface area contributed by atoms with Crippen molar-refractivity contribution in [1.82, 2.24) is 0 Å². The minimum Gasteiger partial charge on any atom is -0.251 e. The fourth-order valence-electron chi connectivity index (χ4n) is 3.46. The molecule has 1 N–H and O–H groups in total. The van der Waals surface area contributed by atoms with Crippen LogP contribution in [-0.2, 0) is 4.89 Å². The molecule has 0 saturated carbocycles. The lowest BCUT2D eigenvalue weighted by Gasteiger charge is -2.03. The quantitative estimate of drug-likeness (QED) is 0.105. The molecule has 0 aliphatic heterocycles. The van der Waals surface area contributed by atoms with Crippen LogP contribution < -0.4 is 0 Å². The van der Waals surface area contributed by atoms with Gasteiger partial charge in [0.15, 0.2) is 0 Å². The van der Waals surface area contributed by atoms with Crippen LogP contribution >= 0.6 is 0 Å². The zero-order chi connectivity index (χ0) is 24.2. The highest BCUT2D eigenvalue weighted by molar-refractivity contribution is 5.08. The van der Waals surface area contributed by atoms with Crippen LogP contribution in [0.3, 0.4) is 0 Å². The predicted molar refractivity (Wildman–Crippen MR) is 143 cm³/mol. The van der Waals surface area contributed by atoms with E-state index >= 15 is 0 Å². The second kappa shape index (κ2) is 20.0. The molecule has 0 rings (SSSR count). The maximum atomic E-state index is 8.44. The van der Waals surface area contributed by atoms with Crippen molar-refractivity contribution in [1.29, 1.82) is 0 Å². The Morgan fingerprint density at radius 3 is 1.12 bits per heavy atom. The first-order valence-electron chi connectivity index (χ1n) is 12.4. The fourth-order valence-corrected chi connectivity index (χ4v) is 3.46. The highest BCUT2D eigenvalue weighted by Gasteiger charge is 1.95. The second-order valence-electron chi connectivity index (χ2n) is 9.54. The summed E-state index contributed by atoms with van der Waals surface area (Å²) < 4.78 is 0. The van der Waals surface area contributed by atoms with Crippen LogP contribution in [0.15, 0.2) is 69.9 Å². The Morgan fingerprint density at radius 2 is 0.781 bits per heavy atom. The summed E-state index contributed by atoms with van der Waals surface area (Å²) in [5, 5.41) is 8.44. The van der Waals surface area contributed by atoms with Gasteiger partial charge < -0.3 is 0 Å². The molecule has 0 fully saturated rings. The molecule has 0 amide bonds. The number of rotatable bonds is 17. The zero-order valence-corrected chi connectivity index (χ0v) is 22.1. The molecule has 182 valence electrons. The third-order valence-electron chi connectivity index (χ3n) is 5.63. The van der Waals surface area contributed by atoms with E-state index in [1.54, 1.807) is 0 Å². The molecule has 0 spiro atoms. The standard InChI is InChI=1S/C30H50O2/c1-25(2)14-10-17-28(5)20-11-18-26(3)15-8-9-16-27(4)19-12-21-29(6)22-13-23-30(7)24-32-31/h14-16,20-21,23,31H,8-13,17-19,22,24H2,1-7H3. The molecule has 0 heterocycles. The molecule has 32 heavy (non-hydrogen) atoms. The molecular weight excluding hydrogens is 392 g/mol. The SMILES string of the molecule is CC(C)=CCCC(C)=CCCC(C)=CCCC=C(C)CCC=C(C)CCC=C(C)COO. The van der Waals surface area contributed by atoms with Crippen molar-refractivity contribution >= 4 is 0 Å². The van der Waals surface area contributed by atoms with E-state index in [0.29, 0.717) is 6.61 Å². The van der Waals surface area contributed by atoms with Crippen molar-refractivity contribution in [3.05, 3.63) is 69.9 Å². The molecule has 0 saturated heterocycles. The Bertz CT molecular complexity index is 680. The predicted octanol–water partition coefficient (Wildman–Crippen LogP) is 10.1. The van der Waals surface area contributed by atoms with Crippen LogP contribution in [0.2, 0.25) is 0 Å². The van der Waals surface area contributed by atoms with Gasteiger partial charge in [0.1, 0.15) is 6.61 Å². The first kappa shape index (κ1) is 30.4. The Kier molecular flexibility index (Phi) is 19.0. The summed E-state index contributed by atoms with van der Waals surface area (Å²) in [6.07, 6.45) is 25.4. The third kappa shape index (κ3) is 20.3. The first-order chi connectivity index (χ1) is 15.2. The van der Waals surface area contributed by atoms with E-state index in [2.05, 4.69) is 82.9 Å². The average Bonchev–Trinajstić information content (AvgIpc) is 2.71. The fraction of sp³-hybridized carbons (Fsp3) is 0.600. The Labute approximate surface area is 199 Å². The highest BCUT2D eigenvalue weighted by atomic mass is 17.1. The van der Waals surface area contributed by atoms with Crippen LogP contribution in [0, 0.1) is 0 Å². The largest absolute Gasteiger partial charge is 0.251 e. The summed E-state index contributed by atoms with van der Waals surface area (Å²) in [7, 11) is 0. The number of unbranched alkanes of at least 4 members (excludes halogenated alkanes) is 1. The molecule has 0 aromatic carbocycles. The molecule has 0 aromatic rings. The van der Waals surface area contributed by atoms with Gasteiger partial charge >= 0.3 is 0 Å². The molecule has 0 radical (unpaired) electrons. The molecule has 0 aliphatic rings. The van der Waals surface area contributed by atoms with E-state index in [0.717, 1.165) is 50.5 Å². The third-order valence-corrected chi connectivity index (χ3v) is 5.63. The lowest BCUT2D eigenvalue weighted by atomic mass is 10.0. The van der Waals surface area contributed by atoms with Crippen molar-refractivity contribution in [2.24, 2.45) is 0 Å². The summed E-state index contributed by atoms with van der Waals surface area (Å²) >= 11 is 0. The van der Waals surface area contributed by atoms with Gasteiger partial charge in [-0.2, -0.15) is 0 Å². The van der Waals surface area contributed by atoms with Crippen LogP contribution in [0.5, 0.6) is 0 Å². The number of hydrogen-bond donors (Lipinski definition) is 1. The van der Waals surface area contributed by atoms with Gasteiger partial charge in [0, 0.05) is 0 Å². The summed E-state index contributed by atoms with van der Waals surface area (Å²) in [6, 6.07) is 0. The van der Waals surface area contributed by atoms with E-state index in [9.17, 15) is 0 Å². The van der Waals surface area contributed by atoms with Gasteiger partial charge in [0.05, 0.1) is 0 Å². The molecule has 2 heteroatoms. The lowest BCUT2D eigenvalue weighted by Crippen LogP contribution is -1.90. The van der Waals surface area contributed by atoms with Crippen LogP contribution in [-0.4, -0.2) is 11.9 Å².